The average Bonchev–Trinajstić information content (AvgIpc) is 3.43. The van der Waals surface area contributed by atoms with Crippen LogP contribution in [0.25, 0.3) is 0 Å². The lowest BCUT2D eigenvalue weighted by molar-refractivity contribution is -0.136. The number of benzene rings is 3. The van der Waals surface area contributed by atoms with E-state index < -0.39 is 11.9 Å². The third kappa shape index (κ3) is 6.06. The minimum Gasteiger partial charge on any atom is -0.486 e. The van der Waals surface area contributed by atoms with Gasteiger partial charge in [0.15, 0.2) is 5.76 Å². The molecule has 2 heterocycles. The van der Waals surface area contributed by atoms with Crippen molar-refractivity contribution < 1.29 is 27.5 Å². The summed E-state index contributed by atoms with van der Waals surface area (Å²) in [7, 11) is 0. The minimum absolute atomic E-state index is 0.00653. The Balaban J connectivity index is 1.30. The molecule has 6 nitrogen and oxygen atoms in total. The molecule has 1 atom stereocenters. The number of ether oxygens (including phenoxy) is 1. The van der Waals surface area contributed by atoms with Crippen molar-refractivity contribution in [3.05, 3.63) is 124 Å². The lowest BCUT2D eigenvalue weighted by atomic mass is 9.87. The van der Waals surface area contributed by atoms with Crippen LogP contribution in [0.2, 0.25) is 0 Å². The van der Waals surface area contributed by atoms with Crippen molar-refractivity contribution in [1.82, 2.24) is 10.2 Å². The van der Waals surface area contributed by atoms with E-state index in [1.807, 2.05) is 43.0 Å². The van der Waals surface area contributed by atoms with Crippen molar-refractivity contribution >= 4 is 11.8 Å². The van der Waals surface area contributed by atoms with E-state index in [-0.39, 0.29) is 42.4 Å². The van der Waals surface area contributed by atoms with Crippen LogP contribution in [-0.2, 0) is 24.4 Å². The Kier molecular flexibility index (Phi) is 7.96. The van der Waals surface area contributed by atoms with Gasteiger partial charge in [-0.2, -0.15) is 0 Å². The molecule has 0 spiro atoms. The second-order valence-electron chi connectivity index (χ2n) is 10.1. The summed E-state index contributed by atoms with van der Waals surface area (Å²) in [5.41, 5.74) is 3.44. The summed E-state index contributed by atoms with van der Waals surface area (Å²) in [6, 6.07) is 20.8. The zero-order chi connectivity index (χ0) is 28.2. The maximum absolute atomic E-state index is 14.2. The first kappa shape index (κ1) is 27.1. The molecule has 0 fully saturated rings. The number of carbonyl (C=O) groups excluding carboxylic acids is 2. The highest BCUT2D eigenvalue weighted by Gasteiger charge is 2.33. The fourth-order valence-electron chi connectivity index (χ4n) is 4.89. The third-order valence-corrected chi connectivity index (χ3v) is 6.92. The van der Waals surface area contributed by atoms with Gasteiger partial charge in [0.25, 0.3) is 5.91 Å². The van der Waals surface area contributed by atoms with Gasteiger partial charge in [-0.15, -0.1) is 0 Å². The highest BCUT2D eigenvalue weighted by Crippen LogP contribution is 2.38. The van der Waals surface area contributed by atoms with E-state index >= 15 is 0 Å². The van der Waals surface area contributed by atoms with Crippen LogP contribution in [0.3, 0.4) is 0 Å². The number of carbonyl (C=O) groups is 2. The molecule has 1 aliphatic rings. The molecule has 8 heteroatoms. The van der Waals surface area contributed by atoms with E-state index in [4.69, 9.17) is 9.15 Å². The van der Waals surface area contributed by atoms with Gasteiger partial charge in [-0.05, 0) is 77.2 Å². The number of hydrogen-bond donors (Lipinski definition) is 1. The Bertz CT molecular complexity index is 1510. The van der Waals surface area contributed by atoms with Crippen molar-refractivity contribution in [2.75, 3.05) is 6.54 Å². The maximum atomic E-state index is 14.2. The first-order chi connectivity index (χ1) is 19.3. The molecule has 5 rings (SSSR count). The van der Waals surface area contributed by atoms with Crippen LogP contribution >= 0.6 is 0 Å². The van der Waals surface area contributed by atoms with Crippen LogP contribution in [0.5, 0.6) is 5.75 Å². The lowest BCUT2D eigenvalue weighted by Crippen LogP contribution is -2.42. The second kappa shape index (κ2) is 11.7. The third-order valence-electron chi connectivity index (χ3n) is 6.92. The predicted octanol–water partition coefficient (Wildman–Crippen LogP) is 6.20. The molecule has 206 valence electrons. The topological polar surface area (TPSA) is 71.8 Å². The summed E-state index contributed by atoms with van der Waals surface area (Å²) in [6.07, 6.45) is 0.689. The molecule has 0 saturated carbocycles. The SMILES string of the molecule is CC(C)C(=O)N1CCc2ccc(OCc3ccc(C(=O)NCc4ccc(F)cc4)o3)cc2[C@@H]1c1cccc(F)c1. The first-order valence-electron chi connectivity index (χ1n) is 13.2. The van der Waals surface area contributed by atoms with Gasteiger partial charge < -0.3 is 19.4 Å². The summed E-state index contributed by atoms with van der Waals surface area (Å²) < 4.78 is 39.0. The molecule has 0 saturated heterocycles. The van der Waals surface area contributed by atoms with E-state index in [2.05, 4.69) is 5.32 Å². The van der Waals surface area contributed by atoms with Crippen LogP contribution in [0.1, 0.15) is 58.5 Å². The molecular weight excluding hydrogens is 514 g/mol. The predicted molar refractivity (Wildman–Crippen MR) is 146 cm³/mol. The number of fused-ring (bicyclic) bond motifs is 1. The molecule has 4 aromatic rings. The van der Waals surface area contributed by atoms with Crippen molar-refractivity contribution in [2.24, 2.45) is 5.92 Å². The van der Waals surface area contributed by atoms with Crippen LogP contribution in [0.15, 0.2) is 83.3 Å². The van der Waals surface area contributed by atoms with Gasteiger partial charge in [-0.25, -0.2) is 8.78 Å². The standard InChI is InChI=1S/C32H30F2N2O4/c1-20(2)32(38)36-15-14-22-8-11-26(17-28(22)30(36)23-4-3-5-25(34)16-23)39-19-27-12-13-29(40-27)31(37)35-18-21-6-9-24(33)10-7-21/h3-13,16-17,20,30H,14-15,18-19H2,1-2H3,(H,35,37)/t30-/m0/s1. The van der Waals surface area contributed by atoms with E-state index in [0.717, 1.165) is 16.7 Å². The molecule has 0 aliphatic carbocycles. The summed E-state index contributed by atoms with van der Waals surface area (Å²) in [5, 5.41) is 2.75. The van der Waals surface area contributed by atoms with E-state index in [0.29, 0.717) is 30.0 Å². The van der Waals surface area contributed by atoms with Gasteiger partial charge in [-0.3, -0.25) is 9.59 Å². The van der Waals surface area contributed by atoms with Crippen LogP contribution < -0.4 is 10.1 Å². The van der Waals surface area contributed by atoms with Crippen molar-refractivity contribution in [1.29, 1.82) is 0 Å². The number of nitrogens with one attached hydrogen (secondary N) is 1. The zero-order valence-electron chi connectivity index (χ0n) is 22.3. The smallest absolute Gasteiger partial charge is 0.287 e. The van der Waals surface area contributed by atoms with Crippen molar-refractivity contribution in [3.8, 4) is 5.75 Å². The minimum atomic E-state index is -0.432. The quantitative estimate of drug-likeness (QED) is 0.287. The number of hydrogen-bond acceptors (Lipinski definition) is 4. The zero-order valence-corrected chi connectivity index (χ0v) is 22.3. The van der Waals surface area contributed by atoms with Crippen LogP contribution in [-0.4, -0.2) is 23.3 Å². The molecule has 1 aliphatic heterocycles. The lowest BCUT2D eigenvalue weighted by Gasteiger charge is -2.39. The number of amides is 2. The molecule has 0 radical (unpaired) electrons. The number of furan rings is 1. The molecule has 1 aromatic heterocycles. The Labute approximate surface area is 231 Å². The van der Waals surface area contributed by atoms with Crippen molar-refractivity contribution in [3.63, 3.8) is 0 Å². The Morgan fingerprint density at radius 3 is 2.55 bits per heavy atom. The molecule has 0 unspecified atom stereocenters. The van der Waals surface area contributed by atoms with Crippen LogP contribution in [0, 0.1) is 17.6 Å². The number of rotatable bonds is 8. The molecular formula is C32H30F2N2O4. The van der Waals surface area contributed by atoms with Gasteiger partial charge in [0.2, 0.25) is 5.91 Å². The van der Waals surface area contributed by atoms with Gasteiger partial charge >= 0.3 is 0 Å². The van der Waals surface area contributed by atoms with E-state index in [1.165, 1.54) is 24.3 Å². The van der Waals surface area contributed by atoms with Gasteiger partial charge in [0, 0.05) is 19.0 Å². The molecule has 0 bridgehead atoms. The van der Waals surface area contributed by atoms with E-state index in [1.54, 1.807) is 30.3 Å². The Morgan fingerprint density at radius 1 is 1.00 bits per heavy atom. The molecule has 2 amide bonds. The average molecular weight is 545 g/mol. The Morgan fingerprint density at radius 2 is 1.80 bits per heavy atom. The fourth-order valence-corrected chi connectivity index (χ4v) is 4.89. The normalized spacial score (nSPS) is 14.6. The monoisotopic (exact) mass is 544 g/mol. The van der Waals surface area contributed by atoms with Crippen LogP contribution in [0.4, 0.5) is 8.78 Å². The summed E-state index contributed by atoms with van der Waals surface area (Å²) >= 11 is 0. The number of halogens is 2. The molecule has 1 N–H and O–H groups in total. The molecule has 40 heavy (non-hydrogen) atoms. The first-order valence-corrected chi connectivity index (χ1v) is 13.2. The summed E-state index contributed by atoms with van der Waals surface area (Å²) in [4.78, 5) is 27.4. The van der Waals surface area contributed by atoms with Gasteiger partial charge in [-0.1, -0.05) is 44.2 Å². The van der Waals surface area contributed by atoms with E-state index in [9.17, 15) is 18.4 Å². The number of nitrogens with zero attached hydrogens (tertiary/aromatic N) is 1. The fraction of sp³-hybridized carbons (Fsp3) is 0.250. The summed E-state index contributed by atoms with van der Waals surface area (Å²) in [6.45, 7) is 4.60. The highest BCUT2D eigenvalue weighted by atomic mass is 19.1. The molecule has 3 aromatic carbocycles. The largest absolute Gasteiger partial charge is 0.486 e. The maximum Gasteiger partial charge on any atom is 0.287 e. The summed E-state index contributed by atoms with van der Waals surface area (Å²) in [5.74, 6) is -0.108. The Hall–Kier alpha value is -4.46. The second-order valence-corrected chi connectivity index (χ2v) is 10.1. The van der Waals surface area contributed by atoms with Gasteiger partial charge in [0.1, 0.15) is 29.8 Å². The van der Waals surface area contributed by atoms with Crippen molar-refractivity contribution in [2.45, 2.75) is 39.5 Å². The van der Waals surface area contributed by atoms with Gasteiger partial charge in [0.05, 0.1) is 6.04 Å². The highest BCUT2D eigenvalue weighted by molar-refractivity contribution is 5.91.